The average Bonchev–Trinajstić information content (AvgIpc) is 2.90. The molecular weight excluding hydrogens is 294 g/mol. The van der Waals surface area contributed by atoms with E-state index in [0.717, 1.165) is 23.7 Å². The van der Waals surface area contributed by atoms with Gasteiger partial charge in [-0.2, -0.15) is 0 Å². The Morgan fingerprint density at radius 3 is 2.67 bits per heavy atom. The van der Waals surface area contributed by atoms with Gasteiger partial charge in [0.15, 0.2) is 17.4 Å². The lowest BCUT2D eigenvalue weighted by Crippen LogP contribution is -2.17. The van der Waals surface area contributed by atoms with E-state index >= 15 is 0 Å². The van der Waals surface area contributed by atoms with Crippen molar-refractivity contribution in [2.24, 2.45) is 0 Å². The zero-order valence-electron chi connectivity index (χ0n) is 11.2. The Morgan fingerprint density at radius 2 is 2.00 bits per heavy atom. The van der Waals surface area contributed by atoms with E-state index in [1.165, 1.54) is 6.07 Å². The second-order valence-corrected chi connectivity index (χ2v) is 5.31. The third kappa shape index (κ3) is 2.85. The lowest BCUT2D eigenvalue weighted by molar-refractivity contribution is 0.407. The quantitative estimate of drug-likeness (QED) is 0.832. The van der Waals surface area contributed by atoms with Crippen LogP contribution in [0.1, 0.15) is 6.92 Å². The summed E-state index contributed by atoms with van der Waals surface area (Å²) in [5, 5.41) is 2.03. The minimum atomic E-state index is -0.735. The molecule has 0 fully saturated rings. The van der Waals surface area contributed by atoms with Crippen molar-refractivity contribution in [1.82, 2.24) is 4.98 Å². The first-order chi connectivity index (χ1) is 10.1. The number of ether oxygens (including phenoxy) is 1. The third-order valence-corrected chi connectivity index (χ3v) is 3.93. The van der Waals surface area contributed by atoms with Gasteiger partial charge in [-0.3, -0.25) is 0 Å². The van der Waals surface area contributed by atoms with Crippen LogP contribution in [-0.2, 0) is 0 Å². The van der Waals surface area contributed by atoms with Crippen molar-refractivity contribution in [3.8, 4) is 11.5 Å². The molecule has 0 spiro atoms. The summed E-state index contributed by atoms with van der Waals surface area (Å²) < 4.78 is 32.5. The summed E-state index contributed by atoms with van der Waals surface area (Å²) >= 11 is 1.66. The summed E-state index contributed by atoms with van der Waals surface area (Å²) in [4.78, 5) is 6.26. The van der Waals surface area contributed by atoms with Crippen molar-refractivity contribution in [2.75, 3.05) is 10.8 Å². The number of nitrogens with zero attached hydrogens (tertiary/aromatic N) is 2. The van der Waals surface area contributed by atoms with E-state index in [9.17, 15) is 8.78 Å². The largest absolute Gasteiger partial charge is 0.451 e. The fourth-order valence-corrected chi connectivity index (χ4v) is 2.88. The van der Waals surface area contributed by atoms with Gasteiger partial charge in [0, 0.05) is 18.0 Å². The highest BCUT2D eigenvalue weighted by molar-refractivity contribution is 8.02. The summed E-state index contributed by atoms with van der Waals surface area (Å²) in [5.41, 5.74) is 1.07. The summed E-state index contributed by atoms with van der Waals surface area (Å²) in [7, 11) is 0. The highest BCUT2D eigenvalue weighted by Crippen LogP contribution is 2.32. The van der Waals surface area contributed by atoms with Gasteiger partial charge in [0.25, 0.3) is 0 Å². The monoisotopic (exact) mass is 306 g/mol. The van der Waals surface area contributed by atoms with E-state index < -0.39 is 17.4 Å². The molecule has 3 nitrogen and oxygen atoms in total. The number of para-hydroxylation sites is 1. The van der Waals surface area contributed by atoms with Crippen LogP contribution in [0.3, 0.4) is 0 Å². The number of benzene rings is 1. The van der Waals surface area contributed by atoms with Gasteiger partial charge in [0.1, 0.15) is 11.6 Å². The van der Waals surface area contributed by atoms with Crippen molar-refractivity contribution >= 4 is 17.6 Å². The summed E-state index contributed by atoms with van der Waals surface area (Å²) in [6.07, 6.45) is 1.56. The van der Waals surface area contributed by atoms with Crippen molar-refractivity contribution in [2.45, 2.75) is 6.92 Å². The molecular formula is C15H12F2N2OS. The number of allylic oxidation sites excluding steroid dienone is 1. The molecule has 2 aromatic rings. The number of halogens is 2. The number of thioether (sulfide) groups is 1. The molecule has 108 valence electrons. The van der Waals surface area contributed by atoms with E-state index in [1.54, 1.807) is 30.1 Å². The topological polar surface area (TPSA) is 25.4 Å². The van der Waals surface area contributed by atoms with Gasteiger partial charge >= 0.3 is 0 Å². The van der Waals surface area contributed by atoms with Crippen LogP contribution in [0, 0.1) is 11.6 Å². The SMILES string of the molecule is CC1=CSCN1c1cc(Oc2c(F)cccc2F)ccn1. The maximum absolute atomic E-state index is 13.6. The van der Waals surface area contributed by atoms with Gasteiger partial charge in [-0.15, -0.1) is 11.8 Å². The molecule has 0 amide bonds. The first kappa shape index (κ1) is 13.9. The van der Waals surface area contributed by atoms with Gasteiger partial charge in [-0.25, -0.2) is 13.8 Å². The fourth-order valence-electron chi connectivity index (χ4n) is 1.95. The molecule has 0 radical (unpaired) electrons. The highest BCUT2D eigenvalue weighted by atomic mass is 32.2. The molecule has 0 N–H and O–H groups in total. The minimum Gasteiger partial charge on any atom is -0.451 e. The summed E-state index contributed by atoms with van der Waals surface area (Å²) in [5.74, 6) is -0.0900. The van der Waals surface area contributed by atoms with E-state index in [0.29, 0.717) is 11.6 Å². The number of anilines is 1. The second-order valence-electron chi connectivity index (χ2n) is 4.49. The molecule has 0 saturated carbocycles. The maximum Gasteiger partial charge on any atom is 0.198 e. The fraction of sp³-hybridized carbons (Fsp3) is 0.133. The van der Waals surface area contributed by atoms with Crippen LogP contribution in [0.5, 0.6) is 11.5 Å². The Balaban J connectivity index is 1.89. The molecule has 21 heavy (non-hydrogen) atoms. The Labute approximate surface area is 125 Å². The zero-order valence-corrected chi connectivity index (χ0v) is 12.0. The van der Waals surface area contributed by atoms with Gasteiger partial charge in [0.05, 0.1) is 5.88 Å². The molecule has 6 heteroatoms. The number of aromatic nitrogens is 1. The van der Waals surface area contributed by atoms with Crippen LogP contribution in [0.25, 0.3) is 0 Å². The van der Waals surface area contributed by atoms with Crippen molar-refractivity contribution in [3.05, 3.63) is 59.3 Å². The van der Waals surface area contributed by atoms with E-state index in [4.69, 9.17) is 4.74 Å². The Hall–Kier alpha value is -2.08. The lowest BCUT2D eigenvalue weighted by Gasteiger charge is -2.18. The predicted molar refractivity (Wildman–Crippen MR) is 79.4 cm³/mol. The van der Waals surface area contributed by atoms with Crippen LogP contribution in [0.2, 0.25) is 0 Å². The van der Waals surface area contributed by atoms with Crippen molar-refractivity contribution < 1.29 is 13.5 Å². The molecule has 2 heterocycles. The lowest BCUT2D eigenvalue weighted by atomic mass is 10.3. The normalized spacial score (nSPS) is 14.2. The molecule has 0 aliphatic carbocycles. The van der Waals surface area contributed by atoms with Crippen LogP contribution in [0.15, 0.2) is 47.6 Å². The number of hydrogen-bond donors (Lipinski definition) is 0. The molecule has 1 aliphatic rings. The van der Waals surface area contributed by atoms with Gasteiger partial charge in [0.2, 0.25) is 0 Å². The number of pyridine rings is 1. The van der Waals surface area contributed by atoms with E-state index in [-0.39, 0.29) is 0 Å². The van der Waals surface area contributed by atoms with Crippen LogP contribution < -0.4 is 9.64 Å². The smallest absolute Gasteiger partial charge is 0.198 e. The molecule has 0 unspecified atom stereocenters. The third-order valence-electron chi connectivity index (χ3n) is 3.02. The molecule has 0 atom stereocenters. The first-order valence-corrected chi connectivity index (χ1v) is 7.34. The molecule has 1 aromatic heterocycles. The van der Waals surface area contributed by atoms with E-state index in [1.807, 2.05) is 17.2 Å². The Kier molecular flexibility index (Phi) is 3.79. The maximum atomic E-state index is 13.6. The molecule has 0 bridgehead atoms. The van der Waals surface area contributed by atoms with Gasteiger partial charge in [-0.05, 0) is 30.5 Å². The number of rotatable bonds is 3. The minimum absolute atomic E-state index is 0.341. The molecule has 1 aromatic carbocycles. The highest BCUT2D eigenvalue weighted by Gasteiger charge is 2.16. The van der Waals surface area contributed by atoms with Crippen LogP contribution in [0.4, 0.5) is 14.6 Å². The second kappa shape index (κ2) is 5.73. The summed E-state index contributed by atoms with van der Waals surface area (Å²) in [6, 6.07) is 6.84. The van der Waals surface area contributed by atoms with Gasteiger partial charge in [-0.1, -0.05) is 6.07 Å². The van der Waals surface area contributed by atoms with E-state index in [2.05, 4.69) is 4.98 Å². The number of hydrogen-bond acceptors (Lipinski definition) is 4. The Bertz CT molecular complexity index is 686. The first-order valence-electron chi connectivity index (χ1n) is 6.29. The standard InChI is InChI=1S/C15H12F2N2OS/c1-10-8-21-9-19(10)14-7-11(5-6-18-14)20-15-12(16)3-2-4-13(15)17/h2-8H,9H2,1H3. The Morgan fingerprint density at radius 1 is 1.24 bits per heavy atom. The van der Waals surface area contributed by atoms with Crippen molar-refractivity contribution in [1.29, 1.82) is 0 Å². The van der Waals surface area contributed by atoms with Crippen LogP contribution >= 0.6 is 11.8 Å². The van der Waals surface area contributed by atoms with Gasteiger partial charge < -0.3 is 9.64 Å². The summed E-state index contributed by atoms with van der Waals surface area (Å²) in [6.45, 7) is 1.98. The van der Waals surface area contributed by atoms with Crippen LogP contribution in [-0.4, -0.2) is 10.9 Å². The molecule has 0 saturated heterocycles. The predicted octanol–water partition coefficient (Wildman–Crippen LogP) is 4.52. The molecule has 3 rings (SSSR count). The average molecular weight is 306 g/mol. The molecule has 1 aliphatic heterocycles. The zero-order chi connectivity index (χ0) is 14.8. The van der Waals surface area contributed by atoms with Crippen molar-refractivity contribution in [3.63, 3.8) is 0 Å².